The third kappa shape index (κ3) is 4.17. The molecule has 1 saturated heterocycles. The van der Waals surface area contributed by atoms with Crippen LogP contribution in [0.15, 0.2) is 84.4 Å². The van der Waals surface area contributed by atoms with E-state index in [-0.39, 0.29) is 23.8 Å². The third-order valence-electron chi connectivity index (χ3n) is 5.90. The summed E-state index contributed by atoms with van der Waals surface area (Å²) in [5.41, 5.74) is 5.87. The van der Waals surface area contributed by atoms with Crippen molar-refractivity contribution in [2.75, 3.05) is 10.3 Å². The molecule has 5 rings (SSSR count). The van der Waals surface area contributed by atoms with E-state index < -0.39 is 11.8 Å². The number of hydrogen-bond donors (Lipinski definition) is 2. The van der Waals surface area contributed by atoms with E-state index in [0.29, 0.717) is 16.9 Å². The average Bonchev–Trinajstić information content (AvgIpc) is 3.29. The van der Waals surface area contributed by atoms with E-state index in [1.807, 2.05) is 41.8 Å². The molecular weight excluding hydrogens is 447 g/mol. The Hall–Kier alpha value is -4.72. The molecule has 1 fully saturated rings. The smallest absolute Gasteiger partial charge is 0.282 e. The van der Waals surface area contributed by atoms with Gasteiger partial charge in [0.2, 0.25) is 5.91 Å². The Morgan fingerprint density at radius 1 is 0.971 bits per heavy atom. The van der Waals surface area contributed by atoms with Gasteiger partial charge in [-0.05, 0) is 55.5 Å². The van der Waals surface area contributed by atoms with Crippen molar-refractivity contribution in [2.45, 2.75) is 13.5 Å². The maximum Gasteiger partial charge on any atom is 0.282 e. The zero-order valence-corrected chi connectivity index (χ0v) is 18.8. The van der Waals surface area contributed by atoms with Crippen molar-refractivity contribution in [2.24, 2.45) is 0 Å². The number of amides is 3. The number of para-hydroxylation sites is 2. The second kappa shape index (κ2) is 8.90. The highest BCUT2D eigenvalue weighted by Crippen LogP contribution is 2.30. The third-order valence-corrected chi connectivity index (χ3v) is 5.90. The Balaban J connectivity index is 1.49. The topological polar surface area (TPSA) is 83.4 Å². The highest BCUT2D eigenvalue weighted by molar-refractivity contribution is 6.32. The maximum absolute atomic E-state index is 13.2. The predicted molar refractivity (Wildman–Crippen MR) is 132 cm³/mol. The number of benzene rings is 3. The quantitative estimate of drug-likeness (QED) is 0.340. The van der Waals surface area contributed by atoms with E-state index >= 15 is 0 Å². The normalized spacial score (nSPS) is 14.6. The van der Waals surface area contributed by atoms with Crippen molar-refractivity contribution in [1.82, 2.24) is 9.99 Å². The van der Waals surface area contributed by atoms with Gasteiger partial charge < -0.3 is 9.88 Å². The van der Waals surface area contributed by atoms with Crippen LogP contribution in [0.1, 0.15) is 11.3 Å². The first kappa shape index (κ1) is 22.1. The molecule has 0 aliphatic carbocycles. The summed E-state index contributed by atoms with van der Waals surface area (Å²) < 4.78 is 15.0. The molecule has 1 aliphatic heterocycles. The first-order valence-corrected chi connectivity index (χ1v) is 11.0. The molecule has 2 N–H and O–H groups in total. The van der Waals surface area contributed by atoms with Crippen LogP contribution in [0.25, 0.3) is 17.0 Å². The van der Waals surface area contributed by atoms with Crippen LogP contribution < -0.4 is 15.8 Å². The summed E-state index contributed by atoms with van der Waals surface area (Å²) in [5.74, 6) is -1.62. The molecule has 3 amide bonds. The van der Waals surface area contributed by atoms with E-state index in [1.165, 1.54) is 29.3 Å². The standard InChI is InChI=1S/C27H21FN4O3/c1-17-22(15-23-26(34)30-32(27(23)35)20-7-3-2-4-8-20)21-9-5-6-10-24(21)31(17)16-25(33)29-19-13-11-18(28)12-14-19/h2-15H,16H2,1H3,(H,29,33)(H,30,34)/b23-15-. The molecule has 2 heterocycles. The number of halogens is 1. The number of nitrogens with zero attached hydrogens (tertiary/aromatic N) is 2. The van der Waals surface area contributed by atoms with Crippen LogP contribution in [0.2, 0.25) is 0 Å². The number of carbonyl (C=O) groups is 3. The number of anilines is 2. The van der Waals surface area contributed by atoms with Crippen LogP contribution in [0.3, 0.4) is 0 Å². The summed E-state index contributed by atoms with van der Waals surface area (Å²) in [6, 6.07) is 21.9. The lowest BCUT2D eigenvalue weighted by atomic mass is 10.1. The number of carbonyl (C=O) groups excluding carboxylic acids is 3. The fraction of sp³-hybridized carbons (Fsp3) is 0.0741. The van der Waals surface area contributed by atoms with Gasteiger partial charge in [0, 0.05) is 27.8 Å². The number of rotatable bonds is 5. The first-order valence-electron chi connectivity index (χ1n) is 11.0. The van der Waals surface area contributed by atoms with Crippen LogP contribution in [0.4, 0.5) is 15.8 Å². The number of fused-ring (bicyclic) bond motifs is 1. The summed E-state index contributed by atoms with van der Waals surface area (Å²) in [5, 5.41) is 4.80. The van der Waals surface area contributed by atoms with Gasteiger partial charge in [-0.3, -0.25) is 19.8 Å². The Morgan fingerprint density at radius 2 is 1.66 bits per heavy atom. The zero-order chi connectivity index (χ0) is 24.5. The van der Waals surface area contributed by atoms with Crippen LogP contribution in [-0.2, 0) is 20.9 Å². The molecule has 1 aliphatic rings. The highest BCUT2D eigenvalue weighted by atomic mass is 19.1. The van der Waals surface area contributed by atoms with Crippen molar-refractivity contribution in [1.29, 1.82) is 0 Å². The van der Waals surface area contributed by atoms with E-state index in [1.54, 1.807) is 30.3 Å². The predicted octanol–water partition coefficient (Wildman–Crippen LogP) is 4.19. The molecule has 0 bridgehead atoms. The van der Waals surface area contributed by atoms with Gasteiger partial charge in [0.15, 0.2) is 0 Å². The molecule has 0 spiro atoms. The summed E-state index contributed by atoms with van der Waals surface area (Å²) in [7, 11) is 0. The lowest BCUT2D eigenvalue weighted by Gasteiger charge is -2.13. The molecule has 0 saturated carbocycles. The minimum Gasteiger partial charge on any atom is -0.335 e. The number of nitrogens with one attached hydrogen (secondary N) is 2. The second-order valence-corrected chi connectivity index (χ2v) is 8.13. The molecular formula is C27H21FN4O3. The molecule has 3 aromatic carbocycles. The molecule has 0 radical (unpaired) electrons. The fourth-order valence-electron chi connectivity index (χ4n) is 4.18. The Bertz CT molecular complexity index is 1490. The lowest BCUT2D eigenvalue weighted by Crippen LogP contribution is -2.35. The van der Waals surface area contributed by atoms with Gasteiger partial charge in [0.25, 0.3) is 11.8 Å². The van der Waals surface area contributed by atoms with Gasteiger partial charge in [0.1, 0.15) is 17.9 Å². The van der Waals surface area contributed by atoms with Gasteiger partial charge in [-0.2, -0.15) is 0 Å². The SMILES string of the molecule is Cc1c(/C=C2/C(=O)NN(c3ccccc3)C2=O)c2ccccc2n1CC(=O)Nc1ccc(F)cc1. The summed E-state index contributed by atoms with van der Waals surface area (Å²) in [6.07, 6.45) is 1.58. The number of hydrogen-bond acceptors (Lipinski definition) is 3. The zero-order valence-electron chi connectivity index (χ0n) is 18.8. The largest absolute Gasteiger partial charge is 0.335 e. The van der Waals surface area contributed by atoms with Crippen LogP contribution in [0, 0.1) is 12.7 Å². The van der Waals surface area contributed by atoms with Gasteiger partial charge in [-0.15, -0.1) is 0 Å². The maximum atomic E-state index is 13.2. The van der Waals surface area contributed by atoms with E-state index in [9.17, 15) is 18.8 Å². The van der Waals surface area contributed by atoms with Crippen LogP contribution >= 0.6 is 0 Å². The molecule has 4 aromatic rings. The number of aromatic nitrogens is 1. The molecule has 1 aromatic heterocycles. The minimum atomic E-state index is -0.496. The van der Waals surface area contributed by atoms with Crippen molar-refractivity contribution in [3.05, 3.63) is 102 Å². The minimum absolute atomic E-state index is 0.00315. The lowest BCUT2D eigenvalue weighted by molar-refractivity contribution is -0.118. The molecule has 8 heteroatoms. The van der Waals surface area contributed by atoms with Gasteiger partial charge in [-0.25, -0.2) is 9.40 Å². The van der Waals surface area contributed by atoms with Crippen molar-refractivity contribution in [3.63, 3.8) is 0 Å². The first-order chi connectivity index (χ1) is 16.9. The van der Waals surface area contributed by atoms with Gasteiger partial charge in [-0.1, -0.05) is 36.4 Å². The average molecular weight is 468 g/mol. The molecule has 35 heavy (non-hydrogen) atoms. The van der Waals surface area contributed by atoms with E-state index in [2.05, 4.69) is 10.7 Å². The Labute approximate surface area is 200 Å². The second-order valence-electron chi connectivity index (χ2n) is 8.13. The monoisotopic (exact) mass is 468 g/mol. The van der Waals surface area contributed by atoms with E-state index in [4.69, 9.17) is 0 Å². The fourth-order valence-corrected chi connectivity index (χ4v) is 4.18. The Kier molecular flexibility index (Phi) is 5.62. The van der Waals surface area contributed by atoms with Crippen molar-refractivity contribution in [3.8, 4) is 0 Å². The van der Waals surface area contributed by atoms with Crippen LogP contribution in [-0.4, -0.2) is 22.3 Å². The Morgan fingerprint density at radius 3 is 2.40 bits per heavy atom. The van der Waals surface area contributed by atoms with Gasteiger partial charge >= 0.3 is 0 Å². The molecule has 174 valence electrons. The summed E-state index contributed by atoms with van der Waals surface area (Å²) >= 11 is 0. The summed E-state index contributed by atoms with van der Waals surface area (Å²) in [6.45, 7) is 1.84. The van der Waals surface area contributed by atoms with Crippen LogP contribution in [0.5, 0.6) is 0 Å². The van der Waals surface area contributed by atoms with Crippen molar-refractivity contribution < 1.29 is 18.8 Å². The molecule has 0 atom stereocenters. The van der Waals surface area contributed by atoms with Gasteiger partial charge in [0.05, 0.1) is 5.69 Å². The molecule has 0 unspecified atom stereocenters. The summed E-state index contributed by atoms with van der Waals surface area (Å²) in [4.78, 5) is 38.5. The number of hydrazine groups is 1. The molecule has 7 nitrogen and oxygen atoms in total. The highest BCUT2D eigenvalue weighted by Gasteiger charge is 2.35. The van der Waals surface area contributed by atoms with Crippen molar-refractivity contribution >= 4 is 46.1 Å². The van der Waals surface area contributed by atoms with E-state index in [0.717, 1.165) is 16.6 Å².